The van der Waals surface area contributed by atoms with E-state index in [1.807, 2.05) is 6.92 Å². The summed E-state index contributed by atoms with van der Waals surface area (Å²) in [6.07, 6.45) is 2.74. The van der Waals surface area contributed by atoms with Crippen LogP contribution in [-0.4, -0.2) is 33.7 Å². The zero-order valence-electron chi connectivity index (χ0n) is 9.28. The zero-order chi connectivity index (χ0) is 11.7. The molecule has 0 bridgehead atoms. The first-order valence-corrected chi connectivity index (χ1v) is 6.69. The molecule has 0 heterocycles. The summed E-state index contributed by atoms with van der Waals surface area (Å²) in [4.78, 5) is 11.1. The van der Waals surface area contributed by atoms with Crippen molar-refractivity contribution in [2.24, 2.45) is 0 Å². The minimum atomic E-state index is -3.69. The molecule has 0 rings (SSSR count). The lowest BCUT2D eigenvalue weighted by molar-refractivity contribution is -0.133. The van der Waals surface area contributed by atoms with Crippen LogP contribution >= 0.6 is 0 Å². The van der Waals surface area contributed by atoms with Gasteiger partial charge in [-0.3, -0.25) is 4.79 Å². The van der Waals surface area contributed by atoms with Crippen LogP contribution in [0.2, 0.25) is 0 Å². The highest BCUT2D eigenvalue weighted by molar-refractivity contribution is 7.87. The largest absolute Gasteiger partial charge is 0.346 e. The van der Waals surface area contributed by atoms with E-state index in [2.05, 4.69) is 9.50 Å². The number of hydrogen-bond acceptors (Lipinski definition) is 5. The van der Waals surface area contributed by atoms with Crippen molar-refractivity contribution < 1.29 is 17.4 Å². The summed E-state index contributed by atoms with van der Waals surface area (Å²) in [7, 11) is -2.05. The molecule has 90 valence electrons. The molecule has 1 N–H and O–H groups in total. The molecule has 0 aliphatic rings. The zero-order valence-corrected chi connectivity index (χ0v) is 10.1. The average Bonchev–Trinajstić information content (AvgIpc) is 2.14. The SMILES string of the molecule is CCCCCC(=O)OS(=O)(=O)CCNC. The van der Waals surface area contributed by atoms with E-state index in [4.69, 9.17) is 0 Å². The predicted molar refractivity (Wildman–Crippen MR) is 57.9 cm³/mol. The number of carbonyl (C=O) groups excluding carboxylic acids is 1. The summed E-state index contributed by atoms with van der Waals surface area (Å²) in [6, 6.07) is 0. The van der Waals surface area contributed by atoms with Crippen molar-refractivity contribution in [3.8, 4) is 0 Å². The Hall–Kier alpha value is -0.620. The normalized spacial score (nSPS) is 11.3. The van der Waals surface area contributed by atoms with Gasteiger partial charge in [-0.1, -0.05) is 19.8 Å². The summed E-state index contributed by atoms with van der Waals surface area (Å²) in [5.41, 5.74) is 0. The van der Waals surface area contributed by atoms with Gasteiger partial charge < -0.3 is 9.50 Å². The van der Waals surface area contributed by atoms with Crippen LogP contribution in [-0.2, 0) is 19.1 Å². The Morgan fingerprint density at radius 2 is 2.00 bits per heavy atom. The van der Waals surface area contributed by atoms with Crippen molar-refractivity contribution in [3.05, 3.63) is 0 Å². The van der Waals surface area contributed by atoms with Crippen molar-refractivity contribution in [2.75, 3.05) is 19.3 Å². The van der Waals surface area contributed by atoms with Gasteiger partial charge in [0.05, 0.1) is 5.75 Å². The molecular formula is C9H19NO4S. The second kappa shape index (κ2) is 7.64. The van der Waals surface area contributed by atoms with Crippen molar-refractivity contribution in [1.82, 2.24) is 5.32 Å². The fourth-order valence-corrected chi connectivity index (χ4v) is 1.88. The van der Waals surface area contributed by atoms with Gasteiger partial charge >= 0.3 is 16.1 Å². The summed E-state index contributed by atoms with van der Waals surface area (Å²) < 4.78 is 26.7. The monoisotopic (exact) mass is 237 g/mol. The lowest BCUT2D eigenvalue weighted by Crippen LogP contribution is -2.23. The Balaban J connectivity index is 3.84. The predicted octanol–water partition coefficient (Wildman–Crippen LogP) is 0.659. The highest BCUT2D eigenvalue weighted by Crippen LogP contribution is 2.03. The van der Waals surface area contributed by atoms with E-state index in [1.54, 1.807) is 7.05 Å². The van der Waals surface area contributed by atoms with Crippen LogP contribution in [0.4, 0.5) is 0 Å². The molecule has 0 spiro atoms. The molecule has 0 atom stereocenters. The lowest BCUT2D eigenvalue weighted by Gasteiger charge is -2.04. The molecule has 5 nitrogen and oxygen atoms in total. The van der Waals surface area contributed by atoms with Crippen LogP contribution in [0, 0.1) is 0 Å². The van der Waals surface area contributed by atoms with E-state index in [-0.39, 0.29) is 18.7 Å². The molecule has 6 heteroatoms. The van der Waals surface area contributed by atoms with Gasteiger partial charge in [-0.15, -0.1) is 0 Å². The molecule has 0 saturated carbocycles. The fourth-order valence-electron chi connectivity index (χ4n) is 0.971. The maximum absolute atomic E-state index is 11.1. The van der Waals surface area contributed by atoms with Gasteiger partial charge in [0.2, 0.25) is 0 Å². The highest BCUT2D eigenvalue weighted by Gasteiger charge is 2.15. The molecule has 0 saturated heterocycles. The maximum atomic E-state index is 11.1. The number of nitrogens with one attached hydrogen (secondary N) is 1. The Bertz CT molecular complexity index is 274. The fraction of sp³-hybridized carbons (Fsp3) is 0.889. The van der Waals surface area contributed by atoms with Gasteiger partial charge in [0.15, 0.2) is 0 Å². The van der Waals surface area contributed by atoms with Gasteiger partial charge in [-0.25, -0.2) is 0 Å². The smallest absolute Gasteiger partial charge is 0.322 e. The number of carbonyl (C=O) groups is 1. The summed E-state index contributed by atoms with van der Waals surface area (Å²) in [5.74, 6) is -0.831. The first-order chi connectivity index (χ1) is 7.02. The molecular weight excluding hydrogens is 218 g/mol. The second-order valence-electron chi connectivity index (χ2n) is 3.28. The van der Waals surface area contributed by atoms with E-state index in [0.29, 0.717) is 6.42 Å². The van der Waals surface area contributed by atoms with Crippen molar-refractivity contribution in [3.63, 3.8) is 0 Å². The molecule has 0 amide bonds. The molecule has 0 aromatic heterocycles. The third-order valence-electron chi connectivity index (χ3n) is 1.81. The van der Waals surface area contributed by atoms with Crippen LogP contribution in [0.5, 0.6) is 0 Å². The summed E-state index contributed by atoms with van der Waals surface area (Å²) >= 11 is 0. The number of hydrogen-bond donors (Lipinski definition) is 1. The summed E-state index contributed by atoms with van der Waals surface area (Å²) in [5, 5.41) is 2.68. The molecule has 0 aliphatic heterocycles. The topological polar surface area (TPSA) is 72.5 Å². The number of rotatable bonds is 8. The molecule has 0 radical (unpaired) electrons. The third-order valence-corrected chi connectivity index (χ3v) is 2.95. The molecule has 0 aromatic carbocycles. The standard InChI is InChI=1S/C9H19NO4S/c1-3-4-5-6-9(11)14-15(12,13)8-7-10-2/h10H,3-8H2,1-2H3. The minimum Gasteiger partial charge on any atom is -0.346 e. The van der Waals surface area contributed by atoms with Gasteiger partial charge in [0, 0.05) is 13.0 Å². The first kappa shape index (κ1) is 14.4. The Morgan fingerprint density at radius 3 is 2.53 bits per heavy atom. The average molecular weight is 237 g/mol. The lowest BCUT2D eigenvalue weighted by atomic mass is 10.2. The molecule has 0 aromatic rings. The van der Waals surface area contributed by atoms with Crippen LogP contribution in [0.15, 0.2) is 0 Å². The Labute approximate surface area is 91.3 Å². The van der Waals surface area contributed by atoms with E-state index < -0.39 is 16.1 Å². The van der Waals surface area contributed by atoms with E-state index in [0.717, 1.165) is 12.8 Å². The molecule has 0 fully saturated rings. The van der Waals surface area contributed by atoms with Crippen LogP contribution in [0.1, 0.15) is 32.6 Å². The Morgan fingerprint density at radius 1 is 1.33 bits per heavy atom. The van der Waals surface area contributed by atoms with Gasteiger partial charge in [-0.2, -0.15) is 8.42 Å². The van der Waals surface area contributed by atoms with Crippen LogP contribution < -0.4 is 5.32 Å². The van der Waals surface area contributed by atoms with Crippen LogP contribution in [0.3, 0.4) is 0 Å². The second-order valence-corrected chi connectivity index (χ2v) is 4.97. The van der Waals surface area contributed by atoms with Gasteiger partial charge in [0.1, 0.15) is 0 Å². The Kier molecular flexibility index (Phi) is 7.33. The molecule has 15 heavy (non-hydrogen) atoms. The first-order valence-electron chi connectivity index (χ1n) is 5.11. The van der Waals surface area contributed by atoms with Gasteiger partial charge in [0.25, 0.3) is 0 Å². The molecule has 0 aliphatic carbocycles. The van der Waals surface area contributed by atoms with Gasteiger partial charge in [-0.05, 0) is 13.5 Å². The molecule has 0 unspecified atom stereocenters. The minimum absolute atomic E-state index is 0.173. The van der Waals surface area contributed by atoms with Crippen molar-refractivity contribution in [1.29, 1.82) is 0 Å². The summed E-state index contributed by atoms with van der Waals surface area (Å²) in [6.45, 7) is 2.29. The van der Waals surface area contributed by atoms with Crippen LogP contribution in [0.25, 0.3) is 0 Å². The van der Waals surface area contributed by atoms with E-state index >= 15 is 0 Å². The van der Waals surface area contributed by atoms with E-state index in [1.165, 1.54) is 0 Å². The van der Waals surface area contributed by atoms with E-state index in [9.17, 15) is 13.2 Å². The highest BCUT2D eigenvalue weighted by atomic mass is 32.2. The van der Waals surface area contributed by atoms with Crippen molar-refractivity contribution >= 4 is 16.1 Å². The quantitative estimate of drug-likeness (QED) is 0.496. The maximum Gasteiger partial charge on any atom is 0.322 e. The number of unbranched alkanes of at least 4 members (excludes halogenated alkanes) is 2. The van der Waals surface area contributed by atoms with Crippen molar-refractivity contribution in [2.45, 2.75) is 32.6 Å². The third kappa shape index (κ3) is 8.38.